The summed E-state index contributed by atoms with van der Waals surface area (Å²) in [4.78, 5) is 0. The summed E-state index contributed by atoms with van der Waals surface area (Å²) in [5, 5.41) is 8.82. The molecule has 0 aromatic carbocycles. The minimum absolute atomic E-state index is 0.276. The van der Waals surface area contributed by atoms with Crippen molar-refractivity contribution in [3.05, 3.63) is 12.1 Å². The first-order chi connectivity index (χ1) is 4.77. The van der Waals surface area contributed by atoms with Crippen LogP contribution in [0.1, 0.15) is 32.6 Å². The van der Waals surface area contributed by atoms with Crippen LogP contribution in [0, 0.1) is 0 Å². The maximum absolute atomic E-state index is 8.82. The molecule has 0 spiro atoms. The van der Waals surface area contributed by atoms with E-state index in [1.165, 1.54) is 19.3 Å². The van der Waals surface area contributed by atoms with Crippen molar-refractivity contribution < 1.29 is 5.02 Å². The third kappa shape index (κ3) is 7.76. The number of unbranched alkanes of at least 4 members (excludes halogenated alkanes) is 3. The van der Waals surface area contributed by atoms with E-state index < -0.39 is 0 Å². The Kier molecular flexibility index (Phi) is 6.72. The largest absolute Gasteiger partial charge is 0.447 e. The van der Waals surface area contributed by atoms with E-state index in [2.05, 4.69) is 13.0 Å². The normalized spacial score (nSPS) is 10.7. The molecule has 2 heteroatoms. The van der Waals surface area contributed by atoms with Gasteiger partial charge in [0.1, 0.15) is 0 Å². The van der Waals surface area contributed by atoms with Gasteiger partial charge in [0, 0.05) is 0 Å². The Labute approximate surface area is 64.3 Å². The molecule has 10 heavy (non-hydrogen) atoms. The molecule has 58 valence electrons. The maximum atomic E-state index is 8.82. The molecule has 0 fully saturated rings. The predicted molar refractivity (Wildman–Crippen MR) is 47.1 cm³/mol. The number of allylic oxidation sites excluding steroid dienone is 1. The third-order valence-corrected chi connectivity index (χ3v) is 1.39. The van der Waals surface area contributed by atoms with Gasteiger partial charge in [-0.1, -0.05) is 38.6 Å². The molecule has 0 aliphatic heterocycles. The minimum Gasteiger partial charge on any atom is -0.447 e. The van der Waals surface area contributed by atoms with Crippen LogP contribution in [0.25, 0.3) is 0 Å². The van der Waals surface area contributed by atoms with E-state index in [0.29, 0.717) is 0 Å². The zero-order valence-electron chi connectivity index (χ0n) is 7.01. The van der Waals surface area contributed by atoms with Crippen molar-refractivity contribution in [1.29, 1.82) is 0 Å². The maximum Gasteiger partial charge on any atom is 0.312 e. The Hall–Kier alpha value is -0.235. The highest BCUT2D eigenvalue weighted by atomic mass is 16.2. The number of hydrogen-bond donors (Lipinski definition) is 1. The SMILES string of the molecule is CCCCC/C=C/B(C)O. The molecule has 0 aromatic rings. The van der Waals surface area contributed by atoms with Gasteiger partial charge in [0.25, 0.3) is 0 Å². The Balaban J connectivity index is 3.02. The summed E-state index contributed by atoms with van der Waals surface area (Å²) in [6.07, 6.45) is 6.98. The summed E-state index contributed by atoms with van der Waals surface area (Å²) in [5.74, 6) is 1.84. The second kappa shape index (κ2) is 6.88. The summed E-state index contributed by atoms with van der Waals surface area (Å²) in [7, 11) is 0. The first-order valence-electron chi connectivity index (χ1n) is 4.12. The zero-order valence-corrected chi connectivity index (χ0v) is 7.01. The molecule has 0 heterocycles. The summed E-state index contributed by atoms with van der Waals surface area (Å²) >= 11 is 0. The molecule has 0 aromatic heterocycles. The fraction of sp³-hybridized carbons (Fsp3) is 0.750. The molecule has 0 rings (SSSR count). The van der Waals surface area contributed by atoms with Crippen LogP contribution in [0.3, 0.4) is 0 Å². The monoisotopic (exact) mass is 140 g/mol. The van der Waals surface area contributed by atoms with Crippen LogP contribution in [-0.4, -0.2) is 11.9 Å². The lowest BCUT2D eigenvalue weighted by atomic mass is 9.72. The number of rotatable bonds is 5. The molecule has 0 saturated carbocycles. The third-order valence-electron chi connectivity index (χ3n) is 1.39. The zero-order chi connectivity index (χ0) is 7.82. The van der Waals surface area contributed by atoms with Crippen LogP contribution >= 0.6 is 0 Å². The minimum atomic E-state index is -0.276. The van der Waals surface area contributed by atoms with Crippen LogP contribution in [0.2, 0.25) is 6.82 Å². The highest BCUT2D eigenvalue weighted by Crippen LogP contribution is 1.99. The Bertz CT molecular complexity index is 89.3. The highest BCUT2D eigenvalue weighted by molar-refractivity contribution is 6.54. The Morgan fingerprint density at radius 3 is 2.60 bits per heavy atom. The summed E-state index contributed by atoms with van der Waals surface area (Å²) in [5.41, 5.74) is 0. The fourth-order valence-electron chi connectivity index (χ4n) is 0.805. The van der Waals surface area contributed by atoms with E-state index in [9.17, 15) is 0 Å². The molecular weight excluding hydrogens is 123 g/mol. The second-order valence-corrected chi connectivity index (χ2v) is 2.66. The lowest BCUT2D eigenvalue weighted by Gasteiger charge is -1.91. The van der Waals surface area contributed by atoms with Crippen molar-refractivity contribution in [2.75, 3.05) is 0 Å². The topological polar surface area (TPSA) is 20.2 Å². The van der Waals surface area contributed by atoms with Crippen molar-refractivity contribution in [2.24, 2.45) is 0 Å². The van der Waals surface area contributed by atoms with Gasteiger partial charge >= 0.3 is 6.92 Å². The fourth-order valence-corrected chi connectivity index (χ4v) is 0.805. The van der Waals surface area contributed by atoms with E-state index in [1.807, 2.05) is 5.98 Å². The molecule has 0 aliphatic carbocycles. The van der Waals surface area contributed by atoms with Crippen molar-refractivity contribution in [2.45, 2.75) is 39.4 Å². The average Bonchev–Trinajstić information content (AvgIpc) is 1.87. The summed E-state index contributed by atoms with van der Waals surface area (Å²) in [6, 6.07) is 0. The Morgan fingerprint density at radius 2 is 2.10 bits per heavy atom. The summed E-state index contributed by atoms with van der Waals surface area (Å²) in [6.45, 7) is 3.69. The molecule has 0 aliphatic rings. The lowest BCUT2D eigenvalue weighted by Crippen LogP contribution is -1.98. The van der Waals surface area contributed by atoms with E-state index in [4.69, 9.17) is 5.02 Å². The van der Waals surface area contributed by atoms with Crippen molar-refractivity contribution in [3.8, 4) is 0 Å². The van der Waals surface area contributed by atoms with Gasteiger partial charge in [-0.3, -0.25) is 0 Å². The first kappa shape index (κ1) is 9.76. The summed E-state index contributed by atoms with van der Waals surface area (Å²) < 4.78 is 0. The molecule has 0 bridgehead atoms. The molecule has 0 saturated heterocycles. The standard InChI is InChI=1S/C8H17BO/c1-3-4-5-6-7-8-9(2)10/h7-8,10H,3-6H2,1-2H3/b8-7+. The van der Waals surface area contributed by atoms with Crippen molar-refractivity contribution in [3.63, 3.8) is 0 Å². The van der Waals surface area contributed by atoms with E-state index in [0.717, 1.165) is 6.42 Å². The Morgan fingerprint density at radius 1 is 1.40 bits per heavy atom. The van der Waals surface area contributed by atoms with Gasteiger partial charge in [-0.15, -0.1) is 0 Å². The molecule has 0 amide bonds. The average molecular weight is 140 g/mol. The smallest absolute Gasteiger partial charge is 0.312 e. The van der Waals surface area contributed by atoms with Crippen LogP contribution in [0.15, 0.2) is 12.1 Å². The first-order valence-corrected chi connectivity index (χ1v) is 4.12. The van der Waals surface area contributed by atoms with E-state index >= 15 is 0 Å². The van der Waals surface area contributed by atoms with Crippen LogP contribution in [0.5, 0.6) is 0 Å². The van der Waals surface area contributed by atoms with Gasteiger partial charge in [0.15, 0.2) is 0 Å². The van der Waals surface area contributed by atoms with Gasteiger partial charge in [-0.25, -0.2) is 0 Å². The van der Waals surface area contributed by atoms with Crippen molar-refractivity contribution in [1.82, 2.24) is 0 Å². The number of hydrogen-bond acceptors (Lipinski definition) is 1. The molecule has 1 nitrogen and oxygen atoms in total. The quantitative estimate of drug-likeness (QED) is 0.458. The van der Waals surface area contributed by atoms with Gasteiger partial charge in [-0.2, -0.15) is 0 Å². The lowest BCUT2D eigenvalue weighted by molar-refractivity contribution is 0.592. The van der Waals surface area contributed by atoms with E-state index in [1.54, 1.807) is 6.82 Å². The highest BCUT2D eigenvalue weighted by Gasteiger charge is 1.91. The second-order valence-electron chi connectivity index (χ2n) is 2.66. The van der Waals surface area contributed by atoms with Gasteiger partial charge in [0.05, 0.1) is 0 Å². The van der Waals surface area contributed by atoms with Gasteiger partial charge in [0.2, 0.25) is 0 Å². The van der Waals surface area contributed by atoms with Crippen LogP contribution in [-0.2, 0) is 0 Å². The van der Waals surface area contributed by atoms with Crippen LogP contribution < -0.4 is 0 Å². The van der Waals surface area contributed by atoms with Crippen LogP contribution in [0.4, 0.5) is 0 Å². The molecule has 1 N–H and O–H groups in total. The molecule has 0 unspecified atom stereocenters. The van der Waals surface area contributed by atoms with Gasteiger partial charge < -0.3 is 5.02 Å². The van der Waals surface area contributed by atoms with Gasteiger partial charge in [-0.05, 0) is 12.8 Å². The molecule has 0 radical (unpaired) electrons. The molecule has 0 atom stereocenters. The molecular formula is C8H17BO. The predicted octanol–water partition coefficient (Wildman–Crippen LogP) is 2.28. The van der Waals surface area contributed by atoms with E-state index in [-0.39, 0.29) is 6.92 Å². The van der Waals surface area contributed by atoms with Crippen molar-refractivity contribution >= 4 is 6.92 Å².